The third kappa shape index (κ3) is 2.82. The van der Waals surface area contributed by atoms with Gasteiger partial charge in [-0.3, -0.25) is 0 Å². The Hall–Kier alpha value is -0.990. The van der Waals surface area contributed by atoms with Gasteiger partial charge in [0.2, 0.25) is 0 Å². The lowest BCUT2D eigenvalue weighted by molar-refractivity contribution is 0.585. The molecule has 2 aromatic carbocycles. The lowest BCUT2D eigenvalue weighted by Gasteiger charge is -2.18. The molecule has 0 aliphatic heterocycles. The fourth-order valence-electron chi connectivity index (χ4n) is 2.25. The Morgan fingerprint density at radius 2 is 1.88 bits per heavy atom. The maximum Gasteiger partial charge on any atom is 0.0331 e. The van der Waals surface area contributed by atoms with Crippen LogP contribution in [0.5, 0.6) is 0 Å². The molecule has 0 fully saturated rings. The Morgan fingerprint density at radius 3 is 2.65 bits per heavy atom. The Balaban J connectivity index is 2.38. The molecule has 1 unspecified atom stereocenters. The van der Waals surface area contributed by atoms with Crippen LogP contribution in [0.2, 0.25) is 0 Å². The van der Waals surface area contributed by atoms with E-state index >= 15 is 0 Å². The molecular formula is C15H19NS. The van der Waals surface area contributed by atoms with Gasteiger partial charge in [0.15, 0.2) is 0 Å². The van der Waals surface area contributed by atoms with Crippen LogP contribution in [0.25, 0.3) is 10.8 Å². The minimum absolute atomic E-state index is 0.452. The average molecular weight is 245 g/mol. The largest absolute Gasteiger partial charge is 0.313 e. The molecule has 1 N–H and O–H groups in total. The molecule has 0 bridgehead atoms. The predicted molar refractivity (Wildman–Crippen MR) is 78.7 cm³/mol. The van der Waals surface area contributed by atoms with E-state index in [1.165, 1.54) is 28.5 Å². The number of hydrogen-bond acceptors (Lipinski definition) is 2. The number of thioether (sulfide) groups is 1. The maximum atomic E-state index is 3.43. The third-order valence-electron chi connectivity index (χ3n) is 3.16. The van der Waals surface area contributed by atoms with Crippen molar-refractivity contribution in [3.63, 3.8) is 0 Å². The highest BCUT2D eigenvalue weighted by atomic mass is 32.2. The zero-order chi connectivity index (χ0) is 12.1. The SMILES string of the molecule is CNC(CCSC)c1cccc2ccccc12. The van der Waals surface area contributed by atoms with Crippen molar-refractivity contribution in [2.24, 2.45) is 0 Å². The first-order chi connectivity index (χ1) is 8.36. The van der Waals surface area contributed by atoms with Gasteiger partial charge in [0.25, 0.3) is 0 Å². The molecule has 2 rings (SSSR count). The zero-order valence-corrected chi connectivity index (χ0v) is 11.3. The molecule has 90 valence electrons. The Morgan fingerprint density at radius 1 is 1.12 bits per heavy atom. The highest BCUT2D eigenvalue weighted by molar-refractivity contribution is 7.98. The molecule has 1 nitrogen and oxygen atoms in total. The Kier molecular flexibility index (Phi) is 4.46. The van der Waals surface area contributed by atoms with Crippen molar-refractivity contribution in [1.29, 1.82) is 0 Å². The van der Waals surface area contributed by atoms with Crippen molar-refractivity contribution in [3.05, 3.63) is 48.0 Å². The van der Waals surface area contributed by atoms with Crippen molar-refractivity contribution >= 4 is 22.5 Å². The van der Waals surface area contributed by atoms with Crippen molar-refractivity contribution in [3.8, 4) is 0 Å². The second kappa shape index (κ2) is 6.08. The van der Waals surface area contributed by atoms with Gasteiger partial charge in [-0.2, -0.15) is 11.8 Å². The number of benzene rings is 2. The Labute approximate surface area is 108 Å². The second-order valence-corrected chi connectivity index (χ2v) is 5.18. The van der Waals surface area contributed by atoms with E-state index in [0.29, 0.717) is 6.04 Å². The number of fused-ring (bicyclic) bond motifs is 1. The summed E-state index contributed by atoms with van der Waals surface area (Å²) in [5, 5.41) is 6.13. The summed E-state index contributed by atoms with van der Waals surface area (Å²) in [6.07, 6.45) is 3.33. The summed E-state index contributed by atoms with van der Waals surface area (Å²) < 4.78 is 0. The van der Waals surface area contributed by atoms with E-state index in [9.17, 15) is 0 Å². The minimum atomic E-state index is 0.452. The predicted octanol–water partition coefficient (Wildman–Crippen LogP) is 3.85. The number of rotatable bonds is 5. The molecule has 2 aromatic rings. The van der Waals surface area contributed by atoms with Gasteiger partial charge in [0, 0.05) is 6.04 Å². The van der Waals surface area contributed by atoms with Crippen LogP contribution in [0.4, 0.5) is 0 Å². The van der Waals surface area contributed by atoms with Crippen LogP contribution in [-0.4, -0.2) is 19.1 Å². The first-order valence-corrected chi connectivity index (χ1v) is 7.40. The summed E-state index contributed by atoms with van der Waals surface area (Å²) in [6, 6.07) is 15.6. The van der Waals surface area contributed by atoms with Crippen LogP contribution in [-0.2, 0) is 0 Å². The fourth-order valence-corrected chi connectivity index (χ4v) is 2.72. The van der Waals surface area contributed by atoms with Gasteiger partial charge in [-0.05, 0) is 41.8 Å². The van der Waals surface area contributed by atoms with E-state index in [1.54, 1.807) is 0 Å². The standard InChI is InChI=1S/C15H19NS/c1-16-15(10-11-17-2)14-9-5-7-12-6-3-4-8-13(12)14/h3-9,15-16H,10-11H2,1-2H3. The lowest BCUT2D eigenvalue weighted by atomic mass is 9.97. The van der Waals surface area contributed by atoms with Gasteiger partial charge < -0.3 is 5.32 Å². The Bertz CT molecular complexity index is 476. The molecule has 2 heteroatoms. The molecule has 0 radical (unpaired) electrons. The molecule has 1 atom stereocenters. The van der Waals surface area contributed by atoms with Crippen LogP contribution in [0.3, 0.4) is 0 Å². The topological polar surface area (TPSA) is 12.0 Å². The van der Waals surface area contributed by atoms with Gasteiger partial charge in [-0.25, -0.2) is 0 Å². The summed E-state index contributed by atoms with van der Waals surface area (Å²) in [5.74, 6) is 1.19. The molecule has 0 saturated carbocycles. The summed E-state index contributed by atoms with van der Waals surface area (Å²) >= 11 is 1.91. The van der Waals surface area contributed by atoms with Crippen molar-refractivity contribution < 1.29 is 0 Å². The summed E-state index contributed by atoms with van der Waals surface area (Å²) in [5.41, 5.74) is 1.42. The average Bonchev–Trinajstić information content (AvgIpc) is 2.40. The smallest absolute Gasteiger partial charge is 0.0331 e. The molecule has 0 aliphatic rings. The molecule has 0 saturated heterocycles. The van der Waals surface area contributed by atoms with Gasteiger partial charge in [0.05, 0.1) is 0 Å². The highest BCUT2D eigenvalue weighted by Crippen LogP contribution is 2.26. The molecule has 0 heterocycles. The number of nitrogens with one attached hydrogen (secondary N) is 1. The molecule has 0 aromatic heterocycles. The van der Waals surface area contributed by atoms with Crippen LogP contribution in [0.15, 0.2) is 42.5 Å². The normalized spacial score (nSPS) is 12.8. The van der Waals surface area contributed by atoms with E-state index in [0.717, 1.165) is 0 Å². The third-order valence-corrected chi connectivity index (χ3v) is 3.80. The monoisotopic (exact) mass is 245 g/mol. The molecular weight excluding hydrogens is 226 g/mol. The minimum Gasteiger partial charge on any atom is -0.313 e. The highest BCUT2D eigenvalue weighted by Gasteiger charge is 2.11. The van der Waals surface area contributed by atoms with Gasteiger partial charge >= 0.3 is 0 Å². The fraction of sp³-hybridized carbons (Fsp3) is 0.333. The van der Waals surface area contributed by atoms with Crippen molar-refractivity contribution in [2.75, 3.05) is 19.1 Å². The first kappa shape index (κ1) is 12.5. The zero-order valence-electron chi connectivity index (χ0n) is 10.4. The van der Waals surface area contributed by atoms with E-state index in [2.05, 4.69) is 54.0 Å². The summed E-state index contributed by atoms with van der Waals surface area (Å²) in [7, 11) is 2.05. The summed E-state index contributed by atoms with van der Waals surface area (Å²) in [4.78, 5) is 0. The van der Waals surface area contributed by atoms with Gasteiger partial charge in [-0.15, -0.1) is 0 Å². The maximum absolute atomic E-state index is 3.43. The van der Waals surface area contributed by atoms with Crippen LogP contribution < -0.4 is 5.32 Å². The van der Waals surface area contributed by atoms with E-state index < -0.39 is 0 Å². The quantitative estimate of drug-likeness (QED) is 0.858. The van der Waals surface area contributed by atoms with E-state index in [-0.39, 0.29) is 0 Å². The van der Waals surface area contributed by atoms with E-state index in [1.807, 2.05) is 18.8 Å². The van der Waals surface area contributed by atoms with Crippen LogP contribution in [0.1, 0.15) is 18.0 Å². The number of hydrogen-bond donors (Lipinski definition) is 1. The van der Waals surface area contributed by atoms with Crippen molar-refractivity contribution in [2.45, 2.75) is 12.5 Å². The summed E-state index contributed by atoms with van der Waals surface area (Å²) in [6.45, 7) is 0. The molecule has 0 spiro atoms. The lowest BCUT2D eigenvalue weighted by Crippen LogP contribution is -2.17. The molecule has 0 amide bonds. The second-order valence-electron chi connectivity index (χ2n) is 4.19. The van der Waals surface area contributed by atoms with Gasteiger partial charge in [0.1, 0.15) is 0 Å². The van der Waals surface area contributed by atoms with Crippen LogP contribution in [0, 0.1) is 0 Å². The van der Waals surface area contributed by atoms with Crippen molar-refractivity contribution in [1.82, 2.24) is 5.32 Å². The molecule has 0 aliphatic carbocycles. The van der Waals surface area contributed by atoms with E-state index in [4.69, 9.17) is 0 Å². The van der Waals surface area contributed by atoms with Crippen LogP contribution >= 0.6 is 11.8 Å². The van der Waals surface area contributed by atoms with Gasteiger partial charge in [-0.1, -0.05) is 42.5 Å². The molecule has 17 heavy (non-hydrogen) atoms. The first-order valence-electron chi connectivity index (χ1n) is 6.00.